The Bertz CT molecular complexity index is 539. The Balaban J connectivity index is 2.00. The van der Waals surface area contributed by atoms with E-state index < -0.39 is 18.3 Å². The van der Waals surface area contributed by atoms with Gasteiger partial charge in [-0.3, -0.25) is 0 Å². The van der Waals surface area contributed by atoms with E-state index in [1.165, 1.54) is 0 Å². The van der Waals surface area contributed by atoms with Crippen molar-refractivity contribution in [2.24, 2.45) is 0 Å². The Morgan fingerprint density at radius 2 is 1.62 bits per heavy atom. The Morgan fingerprint density at radius 1 is 1.00 bits per heavy atom. The third-order valence-electron chi connectivity index (χ3n) is 4.41. The largest absolute Gasteiger partial charge is 0.498 e. The van der Waals surface area contributed by atoms with Gasteiger partial charge in [0.25, 0.3) is 0 Å². The van der Waals surface area contributed by atoms with Gasteiger partial charge in [-0.05, 0) is 33.8 Å². The highest BCUT2D eigenvalue weighted by Gasteiger charge is 2.52. The first kappa shape index (κ1) is 14.5. The average Bonchev–Trinajstić information content (AvgIpc) is 2.66. The van der Waals surface area contributed by atoms with E-state index in [0.717, 1.165) is 5.46 Å². The monoisotopic (exact) mass is 292 g/mol. The molecule has 1 aromatic carbocycles. The van der Waals surface area contributed by atoms with Crippen molar-refractivity contribution < 1.29 is 23.5 Å². The number of fused-ring (bicyclic) bond motifs is 1. The molecule has 0 bridgehead atoms. The molecule has 2 heterocycles. The summed E-state index contributed by atoms with van der Waals surface area (Å²) in [5.74, 6) is 1.93. The molecular formula is C15H21BO5. The molecule has 1 fully saturated rings. The SMILES string of the molecule is COc1c(B2OC(C)(C)C(C)(C)O2)ccc2c1OCCO2. The number of rotatable bonds is 2. The molecule has 2 aliphatic heterocycles. The molecule has 0 N–H and O–H groups in total. The molecule has 0 atom stereocenters. The Kier molecular flexibility index (Phi) is 3.33. The molecule has 0 aliphatic carbocycles. The maximum absolute atomic E-state index is 6.09. The van der Waals surface area contributed by atoms with Gasteiger partial charge in [-0.25, -0.2) is 0 Å². The van der Waals surface area contributed by atoms with Crippen LogP contribution in [-0.4, -0.2) is 38.6 Å². The van der Waals surface area contributed by atoms with E-state index >= 15 is 0 Å². The van der Waals surface area contributed by atoms with Crippen LogP contribution in [-0.2, 0) is 9.31 Å². The zero-order valence-electron chi connectivity index (χ0n) is 13.2. The van der Waals surface area contributed by atoms with Crippen LogP contribution in [0.5, 0.6) is 17.2 Å². The van der Waals surface area contributed by atoms with Crippen LogP contribution < -0.4 is 19.7 Å². The number of ether oxygens (including phenoxy) is 3. The van der Waals surface area contributed by atoms with Crippen molar-refractivity contribution in [3.05, 3.63) is 12.1 Å². The van der Waals surface area contributed by atoms with Gasteiger partial charge in [0.1, 0.15) is 13.2 Å². The van der Waals surface area contributed by atoms with Crippen molar-refractivity contribution in [3.8, 4) is 17.2 Å². The Morgan fingerprint density at radius 3 is 2.24 bits per heavy atom. The van der Waals surface area contributed by atoms with Crippen LogP contribution in [0.1, 0.15) is 27.7 Å². The number of methoxy groups -OCH3 is 1. The lowest BCUT2D eigenvalue weighted by molar-refractivity contribution is 0.00578. The van der Waals surface area contributed by atoms with E-state index in [1.807, 2.05) is 39.8 Å². The van der Waals surface area contributed by atoms with E-state index in [-0.39, 0.29) is 0 Å². The fraction of sp³-hybridized carbons (Fsp3) is 0.600. The van der Waals surface area contributed by atoms with Gasteiger partial charge in [-0.15, -0.1) is 0 Å². The van der Waals surface area contributed by atoms with Crippen LogP contribution in [0.4, 0.5) is 0 Å². The first-order chi connectivity index (χ1) is 9.86. The normalized spacial score (nSPS) is 22.2. The lowest BCUT2D eigenvalue weighted by atomic mass is 9.78. The van der Waals surface area contributed by atoms with Crippen molar-refractivity contribution >= 4 is 12.6 Å². The van der Waals surface area contributed by atoms with Gasteiger partial charge >= 0.3 is 7.12 Å². The third-order valence-corrected chi connectivity index (χ3v) is 4.41. The van der Waals surface area contributed by atoms with E-state index in [9.17, 15) is 0 Å². The second-order valence-electron chi connectivity index (χ2n) is 6.30. The summed E-state index contributed by atoms with van der Waals surface area (Å²) in [6.07, 6.45) is 0. The maximum Gasteiger partial charge on any atom is 0.498 e. The molecule has 1 saturated heterocycles. The third kappa shape index (κ3) is 2.26. The number of benzene rings is 1. The maximum atomic E-state index is 6.09. The Hall–Kier alpha value is -1.40. The first-order valence-corrected chi connectivity index (χ1v) is 7.18. The lowest BCUT2D eigenvalue weighted by Gasteiger charge is -2.32. The fourth-order valence-electron chi connectivity index (χ4n) is 2.47. The summed E-state index contributed by atoms with van der Waals surface area (Å²) in [5.41, 5.74) is 0.0340. The summed E-state index contributed by atoms with van der Waals surface area (Å²) < 4.78 is 29.0. The zero-order chi connectivity index (χ0) is 15.3. The minimum absolute atomic E-state index is 0.393. The van der Waals surface area contributed by atoms with E-state index in [1.54, 1.807) is 7.11 Å². The van der Waals surface area contributed by atoms with Gasteiger partial charge in [0.15, 0.2) is 11.5 Å². The second kappa shape index (κ2) is 4.82. The first-order valence-electron chi connectivity index (χ1n) is 7.18. The quantitative estimate of drug-likeness (QED) is 0.777. The van der Waals surface area contributed by atoms with E-state index in [0.29, 0.717) is 30.5 Å². The molecule has 6 heteroatoms. The van der Waals surface area contributed by atoms with Crippen molar-refractivity contribution in [3.63, 3.8) is 0 Å². The van der Waals surface area contributed by atoms with Gasteiger partial charge in [-0.1, -0.05) is 6.07 Å². The van der Waals surface area contributed by atoms with Crippen molar-refractivity contribution in [1.82, 2.24) is 0 Å². The molecular weight excluding hydrogens is 271 g/mol. The minimum Gasteiger partial charge on any atom is -0.493 e. The molecule has 0 aromatic heterocycles. The van der Waals surface area contributed by atoms with Gasteiger partial charge < -0.3 is 23.5 Å². The predicted molar refractivity (Wildman–Crippen MR) is 79.7 cm³/mol. The van der Waals surface area contributed by atoms with Crippen LogP contribution in [0.2, 0.25) is 0 Å². The number of hydrogen-bond donors (Lipinski definition) is 0. The number of hydrogen-bond acceptors (Lipinski definition) is 5. The minimum atomic E-state index is -0.485. The molecule has 21 heavy (non-hydrogen) atoms. The standard InChI is InChI=1S/C15H21BO5/c1-14(2)15(3,4)21-16(20-14)10-6-7-11-13(12(10)17-5)19-9-8-18-11/h6-7H,8-9H2,1-5H3. The molecule has 0 saturated carbocycles. The van der Waals surface area contributed by atoms with E-state index in [2.05, 4.69) is 0 Å². The molecule has 5 nitrogen and oxygen atoms in total. The summed E-state index contributed by atoms with van der Waals surface area (Å²) in [6, 6.07) is 3.78. The smallest absolute Gasteiger partial charge is 0.493 e. The molecule has 0 amide bonds. The summed E-state index contributed by atoms with van der Waals surface area (Å²) in [6.45, 7) is 9.16. The van der Waals surface area contributed by atoms with Crippen LogP contribution in [0.15, 0.2) is 12.1 Å². The zero-order valence-corrected chi connectivity index (χ0v) is 13.2. The van der Waals surface area contributed by atoms with Crippen LogP contribution in [0.25, 0.3) is 0 Å². The van der Waals surface area contributed by atoms with Crippen LogP contribution in [0.3, 0.4) is 0 Å². The van der Waals surface area contributed by atoms with Crippen molar-refractivity contribution in [1.29, 1.82) is 0 Å². The van der Waals surface area contributed by atoms with Gasteiger partial charge in [-0.2, -0.15) is 0 Å². The summed E-state index contributed by atoms with van der Waals surface area (Å²) in [5, 5.41) is 0. The van der Waals surface area contributed by atoms with Crippen LogP contribution >= 0.6 is 0 Å². The molecule has 0 unspecified atom stereocenters. The summed E-state index contributed by atoms with van der Waals surface area (Å²) in [4.78, 5) is 0. The van der Waals surface area contributed by atoms with E-state index in [4.69, 9.17) is 23.5 Å². The molecule has 114 valence electrons. The average molecular weight is 292 g/mol. The highest BCUT2D eigenvalue weighted by atomic mass is 16.7. The van der Waals surface area contributed by atoms with Crippen LogP contribution in [0, 0.1) is 0 Å². The molecule has 1 aromatic rings. The summed E-state index contributed by atoms with van der Waals surface area (Å²) >= 11 is 0. The Labute approximate surface area is 125 Å². The topological polar surface area (TPSA) is 46.2 Å². The highest BCUT2D eigenvalue weighted by Crippen LogP contribution is 2.41. The van der Waals surface area contributed by atoms with Crippen molar-refractivity contribution in [2.45, 2.75) is 38.9 Å². The highest BCUT2D eigenvalue weighted by molar-refractivity contribution is 6.63. The molecule has 2 aliphatic rings. The summed E-state index contributed by atoms with van der Waals surface area (Å²) in [7, 11) is 1.13. The predicted octanol–water partition coefficient (Wildman–Crippen LogP) is 1.77. The van der Waals surface area contributed by atoms with Gasteiger partial charge in [0.05, 0.1) is 18.3 Å². The fourth-order valence-corrected chi connectivity index (χ4v) is 2.47. The van der Waals surface area contributed by atoms with Gasteiger partial charge in [0, 0.05) is 5.46 Å². The van der Waals surface area contributed by atoms with Gasteiger partial charge in [0.2, 0.25) is 5.75 Å². The van der Waals surface area contributed by atoms with Crippen molar-refractivity contribution in [2.75, 3.05) is 20.3 Å². The lowest BCUT2D eigenvalue weighted by Crippen LogP contribution is -2.41. The molecule has 3 rings (SSSR count). The second-order valence-corrected chi connectivity index (χ2v) is 6.30. The molecule has 0 radical (unpaired) electrons. The molecule has 0 spiro atoms.